The van der Waals surface area contributed by atoms with Crippen molar-refractivity contribution in [1.82, 2.24) is 0 Å². The van der Waals surface area contributed by atoms with Crippen molar-refractivity contribution in [2.24, 2.45) is 0 Å². The lowest BCUT2D eigenvalue weighted by Crippen LogP contribution is -2.03. The van der Waals surface area contributed by atoms with Crippen LogP contribution in [0.2, 0.25) is 0 Å². The van der Waals surface area contributed by atoms with Gasteiger partial charge in [-0.15, -0.1) is 11.8 Å². The van der Waals surface area contributed by atoms with E-state index in [1.807, 2.05) is 20.8 Å². The van der Waals surface area contributed by atoms with E-state index in [-0.39, 0.29) is 0 Å². The summed E-state index contributed by atoms with van der Waals surface area (Å²) in [6.45, 7) is 9.94. The van der Waals surface area contributed by atoms with Gasteiger partial charge < -0.3 is 14.6 Å². The first kappa shape index (κ1) is 27.7. The molecular formula is C23H46O3. The van der Waals surface area contributed by atoms with Gasteiger partial charge in [-0.1, -0.05) is 44.9 Å². The molecule has 3 nitrogen and oxygen atoms in total. The summed E-state index contributed by atoms with van der Waals surface area (Å²) in [4.78, 5) is 0. The smallest absolute Gasteiger partial charge is 0.0466 e. The zero-order valence-corrected chi connectivity index (χ0v) is 18.0. The molecule has 0 aliphatic carbocycles. The zero-order valence-electron chi connectivity index (χ0n) is 18.0. The Morgan fingerprint density at radius 3 is 1.58 bits per heavy atom. The molecule has 1 fully saturated rings. The number of hydrogen-bond acceptors (Lipinski definition) is 3. The van der Waals surface area contributed by atoms with E-state index >= 15 is 0 Å². The Labute approximate surface area is 164 Å². The molecule has 1 saturated heterocycles. The van der Waals surface area contributed by atoms with Gasteiger partial charge in [-0.2, -0.15) is 0 Å². The molecule has 3 heteroatoms. The minimum Gasteiger partial charge on any atom is -0.396 e. The Morgan fingerprint density at radius 2 is 1.27 bits per heavy atom. The van der Waals surface area contributed by atoms with E-state index in [1.54, 1.807) is 0 Å². The third kappa shape index (κ3) is 31.2. The summed E-state index contributed by atoms with van der Waals surface area (Å²) in [6.07, 6.45) is 16.5. The second-order valence-corrected chi connectivity index (χ2v) is 6.54. The molecule has 1 rings (SSSR count). The molecule has 0 amide bonds. The third-order valence-corrected chi connectivity index (χ3v) is 4.12. The molecule has 1 aliphatic rings. The first-order valence-corrected chi connectivity index (χ1v) is 11.0. The van der Waals surface area contributed by atoms with Crippen LogP contribution in [0, 0.1) is 11.8 Å². The number of rotatable bonds is 12. The fourth-order valence-corrected chi connectivity index (χ4v) is 2.58. The van der Waals surface area contributed by atoms with Crippen LogP contribution in [0.3, 0.4) is 0 Å². The minimum atomic E-state index is 0.360. The lowest BCUT2D eigenvalue weighted by atomic mass is 10.1. The van der Waals surface area contributed by atoms with Gasteiger partial charge in [0.25, 0.3) is 0 Å². The summed E-state index contributed by atoms with van der Waals surface area (Å²) in [5.41, 5.74) is 0. The average molecular weight is 371 g/mol. The summed E-state index contributed by atoms with van der Waals surface area (Å²) in [5, 5.41) is 8.60. The molecule has 1 aliphatic heterocycles. The molecule has 0 aromatic rings. The lowest BCUT2D eigenvalue weighted by molar-refractivity contribution is 0.0968. The molecule has 156 valence electrons. The normalized spacial score (nSPS) is 12.8. The number of unbranched alkanes of at least 4 members (excludes halogenated alkanes) is 9. The van der Waals surface area contributed by atoms with Gasteiger partial charge in [0.2, 0.25) is 0 Å². The van der Waals surface area contributed by atoms with Crippen LogP contribution in [-0.2, 0) is 9.47 Å². The van der Waals surface area contributed by atoms with Crippen molar-refractivity contribution in [3.8, 4) is 11.8 Å². The summed E-state index contributed by atoms with van der Waals surface area (Å²) in [6, 6.07) is 0. The monoisotopic (exact) mass is 370 g/mol. The highest BCUT2D eigenvalue weighted by atomic mass is 16.5. The fourth-order valence-electron chi connectivity index (χ4n) is 2.58. The molecule has 0 unspecified atom stereocenters. The van der Waals surface area contributed by atoms with E-state index < -0.39 is 0 Å². The van der Waals surface area contributed by atoms with Crippen molar-refractivity contribution in [2.75, 3.05) is 33.0 Å². The number of hydrogen-bond donors (Lipinski definition) is 1. The van der Waals surface area contributed by atoms with E-state index in [0.717, 1.165) is 39.3 Å². The summed E-state index contributed by atoms with van der Waals surface area (Å²) in [5.74, 6) is 6.03. The van der Waals surface area contributed by atoms with Gasteiger partial charge in [-0.05, 0) is 52.9 Å². The minimum absolute atomic E-state index is 0.360. The molecular weight excluding hydrogens is 324 g/mol. The maximum atomic E-state index is 8.60. The van der Waals surface area contributed by atoms with E-state index in [9.17, 15) is 0 Å². The van der Waals surface area contributed by atoms with Crippen molar-refractivity contribution in [3.05, 3.63) is 0 Å². The van der Waals surface area contributed by atoms with Crippen LogP contribution in [0.4, 0.5) is 0 Å². The Bertz CT molecular complexity index is 263. The van der Waals surface area contributed by atoms with Crippen LogP contribution < -0.4 is 0 Å². The van der Waals surface area contributed by atoms with Crippen LogP contribution in [0.15, 0.2) is 0 Å². The highest BCUT2D eigenvalue weighted by molar-refractivity contribution is 4.94. The molecule has 0 radical (unpaired) electrons. The van der Waals surface area contributed by atoms with Crippen molar-refractivity contribution in [3.63, 3.8) is 0 Å². The maximum absolute atomic E-state index is 8.60. The van der Waals surface area contributed by atoms with E-state index in [1.165, 1.54) is 70.6 Å². The van der Waals surface area contributed by atoms with Crippen LogP contribution in [0.1, 0.15) is 104 Å². The largest absolute Gasteiger partial charge is 0.396 e. The Kier molecular flexibility index (Phi) is 31.1. The highest BCUT2D eigenvalue weighted by Crippen LogP contribution is 2.10. The van der Waals surface area contributed by atoms with Crippen LogP contribution in [-0.4, -0.2) is 38.1 Å². The van der Waals surface area contributed by atoms with E-state index in [4.69, 9.17) is 14.6 Å². The van der Waals surface area contributed by atoms with Gasteiger partial charge in [-0.3, -0.25) is 0 Å². The molecule has 0 spiro atoms. The summed E-state index contributed by atoms with van der Waals surface area (Å²) < 4.78 is 9.90. The number of ether oxygens (including phenoxy) is 2. The van der Waals surface area contributed by atoms with Gasteiger partial charge in [0.1, 0.15) is 0 Å². The number of aliphatic hydroxyl groups is 1. The lowest BCUT2D eigenvalue weighted by Gasteiger charge is -2.08. The van der Waals surface area contributed by atoms with Crippen LogP contribution in [0.5, 0.6) is 0 Å². The molecule has 0 aromatic carbocycles. The predicted octanol–water partition coefficient (Wildman–Crippen LogP) is 6.13. The highest BCUT2D eigenvalue weighted by Gasteiger charge is 1.95. The fraction of sp³-hybridized carbons (Fsp3) is 0.913. The van der Waals surface area contributed by atoms with Crippen molar-refractivity contribution >= 4 is 0 Å². The Hall–Kier alpha value is -0.560. The van der Waals surface area contributed by atoms with Crippen molar-refractivity contribution in [1.29, 1.82) is 0 Å². The van der Waals surface area contributed by atoms with Crippen LogP contribution in [0.25, 0.3) is 0 Å². The summed E-state index contributed by atoms with van der Waals surface area (Å²) >= 11 is 0. The average Bonchev–Trinajstić information content (AvgIpc) is 2.69. The van der Waals surface area contributed by atoms with Gasteiger partial charge >= 0.3 is 0 Å². The molecule has 0 atom stereocenters. The molecule has 26 heavy (non-hydrogen) atoms. The second-order valence-electron chi connectivity index (χ2n) is 6.54. The van der Waals surface area contributed by atoms with Gasteiger partial charge in [0, 0.05) is 39.5 Å². The molecule has 0 aromatic heterocycles. The van der Waals surface area contributed by atoms with E-state index in [2.05, 4.69) is 11.8 Å². The second kappa shape index (κ2) is 29.2. The predicted molar refractivity (Wildman–Crippen MR) is 114 cm³/mol. The quantitative estimate of drug-likeness (QED) is 0.331. The topological polar surface area (TPSA) is 38.7 Å². The van der Waals surface area contributed by atoms with Crippen LogP contribution >= 0.6 is 0 Å². The molecule has 1 heterocycles. The van der Waals surface area contributed by atoms with Crippen molar-refractivity contribution in [2.45, 2.75) is 104 Å². The SMILES string of the molecule is C1CCOCC1.CC#CCCCCCCCCCCCO.CCOCC. The van der Waals surface area contributed by atoms with Gasteiger partial charge in [0.05, 0.1) is 0 Å². The Morgan fingerprint density at radius 1 is 0.769 bits per heavy atom. The zero-order chi connectivity index (χ0) is 19.6. The Balaban J connectivity index is 0. The van der Waals surface area contributed by atoms with E-state index in [0.29, 0.717) is 6.61 Å². The summed E-state index contributed by atoms with van der Waals surface area (Å²) in [7, 11) is 0. The first-order chi connectivity index (χ1) is 12.8. The molecule has 0 saturated carbocycles. The maximum Gasteiger partial charge on any atom is 0.0466 e. The van der Waals surface area contributed by atoms with Gasteiger partial charge in [0.15, 0.2) is 0 Å². The standard InChI is InChI=1S/C14H26O.C5H10O.C4H10O/c1-2-3-4-5-6-7-8-9-10-11-12-13-14-15;1-2-4-6-5-3-1;1-3-5-4-2/h15H,4-14H2,1H3;1-5H2;3-4H2,1-2H3. The van der Waals surface area contributed by atoms with Gasteiger partial charge in [-0.25, -0.2) is 0 Å². The third-order valence-electron chi connectivity index (χ3n) is 4.12. The molecule has 1 N–H and O–H groups in total. The van der Waals surface area contributed by atoms with Crippen molar-refractivity contribution < 1.29 is 14.6 Å². The molecule has 0 bridgehead atoms. The first-order valence-electron chi connectivity index (χ1n) is 11.0. The number of aliphatic hydroxyl groups excluding tert-OH is 1.